The number of rotatable bonds is 3. The molecule has 0 aliphatic carbocycles. The van der Waals surface area contributed by atoms with E-state index in [2.05, 4.69) is 0 Å². The third kappa shape index (κ3) is 3.65. The highest BCUT2D eigenvalue weighted by Crippen LogP contribution is 2.17. The lowest BCUT2D eigenvalue weighted by atomic mass is 10.0. The van der Waals surface area contributed by atoms with Crippen LogP contribution in [0.15, 0.2) is 18.2 Å². The Labute approximate surface area is 94.3 Å². The van der Waals surface area contributed by atoms with Gasteiger partial charge < -0.3 is 15.9 Å². The highest BCUT2D eigenvalue weighted by atomic mass is 79.9. The van der Waals surface area contributed by atoms with Crippen molar-refractivity contribution in [3.05, 3.63) is 29.3 Å². The Balaban J connectivity index is 0.00000169. The summed E-state index contributed by atoms with van der Waals surface area (Å²) >= 11 is 0. The Morgan fingerprint density at radius 3 is 2.57 bits per heavy atom. The molecule has 3 nitrogen and oxygen atoms in total. The number of nitrogens with two attached hydrogens (primary N) is 1. The van der Waals surface area contributed by atoms with E-state index in [0.29, 0.717) is 6.42 Å². The Hall–Kier alpha value is -0.580. The lowest BCUT2D eigenvalue weighted by Gasteiger charge is -2.08. The monoisotopic (exact) mass is 261 g/mol. The van der Waals surface area contributed by atoms with Crippen LogP contribution in [0, 0.1) is 6.92 Å². The molecule has 80 valence electrons. The predicted octanol–water partition coefficient (Wildman–Crippen LogP) is 1.14. The second kappa shape index (κ2) is 6.01. The van der Waals surface area contributed by atoms with Crippen LogP contribution in [0.25, 0.3) is 0 Å². The number of aliphatic hydroxyl groups is 1. The van der Waals surface area contributed by atoms with Crippen molar-refractivity contribution in [2.45, 2.75) is 19.4 Å². The maximum atomic E-state index is 9.38. The molecule has 1 atom stereocenters. The van der Waals surface area contributed by atoms with Crippen molar-refractivity contribution < 1.29 is 10.2 Å². The van der Waals surface area contributed by atoms with Crippen LogP contribution < -0.4 is 5.73 Å². The van der Waals surface area contributed by atoms with Crippen molar-refractivity contribution in [2.75, 3.05) is 6.61 Å². The molecule has 0 heterocycles. The van der Waals surface area contributed by atoms with Crippen molar-refractivity contribution in [2.24, 2.45) is 5.73 Å². The Kier molecular flexibility index (Phi) is 5.76. The molecule has 14 heavy (non-hydrogen) atoms. The van der Waals surface area contributed by atoms with Gasteiger partial charge in [0.15, 0.2) is 0 Å². The fourth-order valence-corrected chi connectivity index (χ4v) is 1.15. The van der Waals surface area contributed by atoms with E-state index in [1.807, 2.05) is 19.1 Å². The number of phenolic OH excluding ortho intramolecular Hbond substituents is 1. The number of aliphatic hydroxyl groups excluding tert-OH is 1. The molecular weight excluding hydrogens is 246 g/mol. The largest absolute Gasteiger partial charge is 0.508 e. The average Bonchev–Trinajstić information content (AvgIpc) is 2.11. The van der Waals surface area contributed by atoms with Gasteiger partial charge in [0.2, 0.25) is 0 Å². The second-order valence-corrected chi connectivity index (χ2v) is 3.27. The van der Waals surface area contributed by atoms with Crippen LogP contribution in [-0.4, -0.2) is 22.9 Å². The Bertz CT molecular complexity index is 291. The van der Waals surface area contributed by atoms with Crippen LogP contribution in [0.5, 0.6) is 5.75 Å². The van der Waals surface area contributed by atoms with Gasteiger partial charge in [-0.2, -0.15) is 0 Å². The molecule has 0 spiro atoms. The van der Waals surface area contributed by atoms with Crippen LogP contribution in [0.1, 0.15) is 11.1 Å². The Morgan fingerprint density at radius 1 is 1.43 bits per heavy atom. The highest BCUT2D eigenvalue weighted by Gasteiger charge is 2.03. The zero-order valence-corrected chi connectivity index (χ0v) is 9.82. The number of aryl methyl sites for hydroxylation is 1. The molecule has 0 aliphatic rings. The van der Waals surface area contributed by atoms with Gasteiger partial charge in [0.25, 0.3) is 0 Å². The summed E-state index contributed by atoms with van der Waals surface area (Å²) in [6.07, 6.45) is 0.588. The summed E-state index contributed by atoms with van der Waals surface area (Å²) in [5, 5.41) is 18.1. The van der Waals surface area contributed by atoms with Gasteiger partial charge in [-0.05, 0) is 30.5 Å². The minimum atomic E-state index is -0.248. The number of hydrogen-bond acceptors (Lipinski definition) is 3. The Morgan fingerprint density at radius 2 is 2.07 bits per heavy atom. The van der Waals surface area contributed by atoms with Gasteiger partial charge in [-0.1, -0.05) is 12.1 Å². The molecule has 1 unspecified atom stereocenters. The van der Waals surface area contributed by atoms with E-state index in [0.717, 1.165) is 11.1 Å². The molecule has 1 rings (SSSR count). The maximum absolute atomic E-state index is 9.38. The van der Waals surface area contributed by atoms with Crippen molar-refractivity contribution in [1.82, 2.24) is 0 Å². The van der Waals surface area contributed by atoms with Gasteiger partial charge in [-0.3, -0.25) is 0 Å². The highest BCUT2D eigenvalue weighted by molar-refractivity contribution is 8.93. The smallest absolute Gasteiger partial charge is 0.118 e. The lowest BCUT2D eigenvalue weighted by Crippen LogP contribution is -2.26. The van der Waals surface area contributed by atoms with Crippen molar-refractivity contribution in [3.63, 3.8) is 0 Å². The molecule has 1 aromatic carbocycles. The summed E-state index contributed by atoms with van der Waals surface area (Å²) in [5.41, 5.74) is 7.36. The van der Waals surface area contributed by atoms with Gasteiger partial charge in [-0.25, -0.2) is 0 Å². The minimum Gasteiger partial charge on any atom is -0.508 e. The molecule has 4 N–H and O–H groups in total. The first kappa shape index (κ1) is 13.4. The molecule has 0 saturated heterocycles. The molecule has 0 saturated carbocycles. The molecule has 0 aliphatic heterocycles. The standard InChI is InChI=1S/C10H15NO2.BrH/c1-7-2-3-8(5-10(7)13)4-9(11)6-12;/h2-3,5,9,12-13H,4,6,11H2,1H3;1H. The summed E-state index contributed by atoms with van der Waals surface area (Å²) in [6.45, 7) is 1.81. The fraction of sp³-hybridized carbons (Fsp3) is 0.400. The molecule has 0 aromatic heterocycles. The van der Waals surface area contributed by atoms with E-state index in [-0.39, 0.29) is 35.4 Å². The molecule has 4 heteroatoms. The SMILES string of the molecule is Br.Cc1ccc(CC(N)CO)cc1O. The number of benzene rings is 1. The molecule has 0 radical (unpaired) electrons. The first-order chi connectivity index (χ1) is 6.13. The number of phenols is 1. The zero-order valence-electron chi connectivity index (χ0n) is 8.10. The fourth-order valence-electron chi connectivity index (χ4n) is 1.15. The van der Waals surface area contributed by atoms with E-state index in [1.165, 1.54) is 0 Å². The van der Waals surface area contributed by atoms with Gasteiger partial charge in [0.05, 0.1) is 6.61 Å². The summed E-state index contributed by atoms with van der Waals surface area (Å²) in [5.74, 6) is 0.280. The van der Waals surface area contributed by atoms with Crippen LogP contribution >= 0.6 is 17.0 Å². The van der Waals surface area contributed by atoms with Gasteiger partial charge in [0.1, 0.15) is 5.75 Å². The number of aromatic hydroxyl groups is 1. The van der Waals surface area contributed by atoms with E-state index in [9.17, 15) is 5.11 Å². The second-order valence-electron chi connectivity index (χ2n) is 3.27. The van der Waals surface area contributed by atoms with Crippen molar-refractivity contribution in [1.29, 1.82) is 0 Å². The first-order valence-electron chi connectivity index (χ1n) is 4.28. The molecular formula is C10H16BrNO2. The quantitative estimate of drug-likeness (QED) is 0.765. The van der Waals surface area contributed by atoms with Crippen molar-refractivity contribution in [3.8, 4) is 5.75 Å². The lowest BCUT2D eigenvalue weighted by molar-refractivity contribution is 0.265. The maximum Gasteiger partial charge on any atom is 0.118 e. The van der Waals surface area contributed by atoms with Crippen LogP contribution in [0.4, 0.5) is 0 Å². The van der Waals surface area contributed by atoms with E-state index >= 15 is 0 Å². The minimum absolute atomic E-state index is 0. The molecule has 0 fully saturated rings. The summed E-state index contributed by atoms with van der Waals surface area (Å²) in [7, 11) is 0. The topological polar surface area (TPSA) is 66.5 Å². The van der Waals surface area contributed by atoms with Crippen LogP contribution in [0.3, 0.4) is 0 Å². The van der Waals surface area contributed by atoms with E-state index in [1.54, 1.807) is 6.07 Å². The van der Waals surface area contributed by atoms with E-state index in [4.69, 9.17) is 10.8 Å². The van der Waals surface area contributed by atoms with Crippen LogP contribution in [0.2, 0.25) is 0 Å². The predicted molar refractivity (Wildman–Crippen MR) is 61.9 cm³/mol. The number of hydrogen-bond donors (Lipinski definition) is 3. The van der Waals surface area contributed by atoms with Gasteiger partial charge in [-0.15, -0.1) is 17.0 Å². The third-order valence-electron chi connectivity index (χ3n) is 2.01. The molecule has 0 amide bonds. The summed E-state index contributed by atoms with van der Waals surface area (Å²) < 4.78 is 0. The van der Waals surface area contributed by atoms with Crippen LogP contribution in [-0.2, 0) is 6.42 Å². The first-order valence-corrected chi connectivity index (χ1v) is 4.28. The van der Waals surface area contributed by atoms with Gasteiger partial charge >= 0.3 is 0 Å². The van der Waals surface area contributed by atoms with Gasteiger partial charge in [0, 0.05) is 6.04 Å². The summed E-state index contributed by atoms with van der Waals surface area (Å²) in [6, 6.07) is 5.19. The van der Waals surface area contributed by atoms with E-state index < -0.39 is 0 Å². The zero-order chi connectivity index (χ0) is 9.84. The average molecular weight is 262 g/mol. The van der Waals surface area contributed by atoms with Crippen molar-refractivity contribution >= 4 is 17.0 Å². The third-order valence-corrected chi connectivity index (χ3v) is 2.01. The molecule has 1 aromatic rings. The number of halogens is 1. The normalized spacial score (nSPS) is 11.9. The molecule has 0 bridgehead atoms. The summed E-state index contributed by atoms with van der Waals surface area (Å²) in [4.78, 5) is 0.